The van der Waals surface area contributed by atoms with Gasteiger partial charge in [-0.1, -0.05) is 11.6 Å². The van der Waals surface area contributed by atoms with Crippen molar-refractivity contribution in [2.45, 2.75) is 25.4 Å². The summed E-state index contributed by atoms with van der Waals surface area (Å²) in [6.07, 6.45) is 1.03. The number of fused-ring (bicyclic) bond motifs is 1. The van der Waals surface area contributed by atoms with Crippen LogP contribution in [0.4, 0.5) is 4.39 Å². The van der Waals surface area contributed by atoms with Gasteiger partial charge in [-0.25, -0.2) is 4.39 Å². The van der Waals surface area contributed by atoms with E-state index in [0.29, 0.717) is 11.5 Å². The predicted octanol–water partition coefficient (Wildman–Crippen LogP) is 2.30. The molecular formula is C14H16ClFN2O. The quantitative estimate of drug-likeness (QED) is 0.857. The summed E-state index contributed by atoms with van der Waals surface area (Å²) in [5.41, 5.74) is 0.464. The van der Waals surface area contributed by atoms with Gasteiger partial charge in [0.25, 0.3) is 5.91 Å². The van der Waals surface area contributed by atoms with Crippen molar-refractivity contribution >= 4 is 17.5 Å². The number of amides is 1. The van der Waals surface area contributed by atoms with Crippen LogP contribution in [0, 0.1) is 11.7 Å². The second-order valence-corrected chi connectivity index (χ2v) is 5.82. The zero-order valence-corrected chi connectivity index (χ0v) is 11.5. The van der Waals surface area contributed by atoms with Crippen LogP contribution in [0.2, 0.25) is 5.02 Å². The Labute approximate surface area is 116 Å². The molecular weight excluding hydrogens is 267 g/mol. The van der Waals surface area contributed by atoms with E-state index in [2.05, 4.69) is 12.2 Å². The van der Waals surface area contributed by atoms with Crippen LogP contribution >= 0.6 is 11.6 Å². The zero-order valence-electron chi connectivity index (χ0n) is 10.7. The fourth-order valence-electron chi connectivity index (χ4n) is 3.29. The van der Waals surface area contributed by atoms with Crippen LogP contribution in [0.3, 0.4) is 0 Å². The maximum Gasteiger partial charge on any atom is 0.254 e. The molecule has 102 valence electrons. The number of carbonyl (C=O) groups is 1. The van der Waals surface area contributed by atoms with Gasteiger partial charge in [-0.2, -0.15) is 0 Å². The first kappa shape index (κ1) is 12.9. The van der Waals surface area contributed by atoms with Crippen LogP contribution < -0.4 is 5.32 Å². The Morgan fingerprint density at radius 3 is 3.00 bits per heavy atom. The van der Waals surface area contributed by atoms with Crippen LogP contribution in [0.1, 0.15) is 23.7 Å². The van der Waals surface area contributed by atoms with Crippen molar-refractivity contribution in [1.82, 2.24) is 10.2 Å². The van der Waals surface area contributed by atoms with Gasteiger partial charge in [0.2, 0.25) is 0 Å². The summed E-state index contributed by atoms with van der Waals surface area (Å²) in [5, 5.41) is 3.32. The van der Waals surface area contributed by atoms with E-state index in [4.69, 9.17) is 11.6 Å². The molecule has 2 aliphatic heterocycles. The molecule has 1 amide bonds. The van der Waals surface area contributed by atoms with Crippen LogP contribution in [0.25, 0.3) is 0 Å². The second-order valence-electron chi connectivity index (χ2n) is 5.41. The van der Waals surface area contributed by atoms with Crippen LogP contribution in [0.15, 0.2) is 18.2 Å². The fraction of sp³-hybridized carbons (Fsp3) is 0.500. The molecule has 1 N–H and O–H groups in total. The highest BCUT2D eigenvalue weighted by atomic mass is 35.5. The first-order chi connectivity index (χ1) is 9.08. The summed E-state index contributed by atoms with van der Waals surface area (Å²) in [4.78, 5) is 14.5. The molecule has 3 rings (SSSR count). The third-order valence-electron chi connectivity index (χ3n) is 4.18. The van der Waals surface area contributed by atoms with E-state index in [1.54, 1.807) is 0 Å². The number of halogens is 2. The molecule has 0 radical (unpaired) electrons. The summed E-state index contributed by atoms with van der Waals surface area (Å²) in [6, 6.07) is 4.66. The number of benzene rings is 1. The summed E-state index contributed by atoms with van der Waals surface area (Å²) in [6.45, 7) is 3.89. The molecule has 2 fully saturated rings. The Bertz CT molecular complexity index is 522. The average molecular weight is 283 g/mol. The van der Waals surface area contributed by atoms with Crippen molar-refractivity contribution in [3.05, 3.63) is 34.6 Å². The molecule has 0 aromatic heterocycles. The monoisotopic (exact) mass is 282 g/mol. The Morgan fingerprint density at radius 2 is 2.26 bits per heavy atom. The number of nitrogens with one attached hydrogen (secondary N) is 1. The molecule has 2 aliphatic rings. The molecule has 3 nitrogen and oxygen atoms in total. The maximum atomic E-state index is 13.2. The zero-order chi connectivity index (χ0) is 13.6. The summed E-state index contributed by atoms with van der Waals surface area (Å²) < 4.78 is 13.2. The van der Waals surface area contributed by atoms with E-state index in [9.17, 15) is 9.18 Å². The van der Waals surface area contributed by atoms with Crippen molar-refractivity contribution < 1.29 is 9.18 Å². The van der Waals surface area contributed by atoms with Crippen LogP contribution in [-0.2, 0) is 0 Å². The molecule has 0 spiro atoms. The van der Waals surface area contributed by atoms with E-state index in [1.807, 2.05) is 4.90 Å². The van der Waals surface area contributed by atoms with Crippen LogP contribution in [0.5, 0.6) is 0 Å². The number of likely N-dealkylation sites (tertiary alicyclic amines) is 1. The average Bonchev–Trinajstić information content (AvgIpc) is 2.91. The first-order valence-electron chi connectivity index (χ1n) is 6.56. The lowest BCUT2D eigenvalue weighted by Crippen LogP contribution is -2.42. The van der Waals surface area contributed by atoms with Crippen molar-refractivity contribution in [2.24, 2.45) is 5.92 Å². The Morgan fingerprint density at radius 1 is 1.47 bits per heavy atom. The largest absolute Gasteiger partial charge is 0.331 e. The molecule has 3 unspecified atom stereocenters. The minimum Gasteiger partial charge on any atom is -0.331 e. The number of hydrogen-bond donors (Lipinski definition) is 1. The van der Waals surface area contributed by atoms with E-state index >= 15 is 0 Å². The number of carbonyl (C=O) groups excluding carboxylic acids is 1. The lowest BCUT2D eigenvalue weighted by atomic mass is 10.0. The van der Waals surface area contributed by atoms with Gasteiger partial charge in [0.05, 0.1) is 5.02 Å². The molecule has 1 aromatic carbocycles. The van der Waals surface area contributed by atoms with E-state index in [0.717, 1.165) is 19.5 Å². The number of rotatable bonds is 1. The van der Waals surface area contributed by atoms with Crippen LogP contribution in [-0.4, -0.2) is 36.0 Å². The van der Waals surface area contributed by atoms with E-state index < -0.39 is 5.82 Å². The van der Waals surface area contributed by atoms with Gasteiger partial charge in [-0.15, -0.1) is 0 Å². The summed E-state index contributed by atoms with van der Waals surface area (Å²) >= 11 is 5.75. The molecule has 5 heteroatoms. The SMILES string of the molecule is CC1CC2CNCC2N1C(=O)c1ccc(F)c(Cl)c1. The number of hydrogen-bond acceptors (Lipinski definition) is 2. The lowest BCUT2D eigenvalue weighted by molar-refractivity contribution is 0.0682. The molecule has 2 saturated heterocycles. The molecule has 1 aromatic rings. The minimum atomic E-state index is -0.493. The third-order valence-corrected chi connectivity index (χ3v) is 4.47. The summed E-state index contributed by atoms with van der Waals surface area (Å²) in [7, 11) is 0. The van der Waals surface area contributed by atoms with Gasteiger partial charge in [0, 0.05) is 30.7 Å². The second kappa shape index (κ2) is 4.76. The highest BCUT2D eigenvalue weighted by Gasteiger charge is 2.44. The van der Waals surface area contributed by atoms with Gasteiger partial charge in [0.15, 0.2) is 0 Å². The van der Waals surface area contributed by atoms with Gasteiger partial charge in [0.1, 0.15) is 5.82 Å². The molecule has 3 atom stereocenters. The molecule has 2 heterocycles. The topological polar surface area (TPSA) is 32.3 Å². The maximum absolute atomic E-state index is 13.2. The smallest absolute Gasteiger partial charge is 0.254 e. The highest BCUT2D eigenvalue weighted by molar-refractivity contribution is 6.31. The molecule has 0 bridgehead atoms. The molecule has 0 saturated carbocycles. The molecule has 0 aliphatic carbocycles. The van der Waals surface area contributed by atoms with Crippen molar-refractivity contribution in [2.75, 3.05) is 13.1 Å². The van der Waals surface area contributed by atoms with Crippen molar-refractivity contribution in [1.29, 1.82) is 0 Å². The summed E-state index contributed by atoms with van der Waals surface area (Å²) in [5.74, 6) is -0.00596. The van der Waals surface area contributed by atoms with Gasteiger partial charge < -0.3 is 10.2 Å². The molecule has 19 heavy (non-hydrogen) atoms. The van der Waals surface area contributed by atoms with Gasteiger partial charge in [-0.05, 0) is 37.5 Å². The third kappa shape index (κ3) is 2.13. The van der Waals surface area contributed by atoms with Crippen molar-refractivity contribution in [3.8, 4) is 0 Å². The predicted molar refractivity (Wildman–Crippen MR) is 71.8 cm³/mol. The number of nitrogens with zero attached hydrogens (tertiary/aromatic N) is 1. The van der Waals surface area contributed by atoms with E-state index in [-0.39, 0.29) is 23.0 Å². The Balaban J connectivity index is 1.88. The normalized spacial score (nSPS) is 29.6. The van der Waals surface area contributed by atoms with Gasteiger partial charge >= 0.3 is 0 Å². The Kier molecular flexibility index (Phi) is 3.23. The first-order valence-corrected chi connectivity index (χ1v) is 6.94. The Hall–Kier alpha value is -1.13. The minimum absolute atomic E-state index is 0.00111. The fourth-order valence-corrected chi connectivity index (χ4v) is 3.47. The lowest BCUT2D eigenvalue weighted by Gasteiger charge is -2.27. The highest BCUT2D eigenvalue weighted by Crippen LogP contribution is 2.33. The van der Waals surface area contributed by atoms with Crippen molar-refractivity contribution in [3.63, 3.8) is 0 Å². The van der Waals surface area contributed by atoms with Gasteiger partial charge in [-0.3, -0.25) is 4.79 Å². The standard InChI is InChI=1S/C14H16ClFN2O/c1-8-4-10-6-17-7-13(10)18(8)14(19)9-2-3-12(16)11(15)5-9/h2-3,5,8,10,13,17H,4,6-7H2,1H3. The van der Waals surface area contributed by atoms with E-state index in [1.165, 1.54) is 18.2 Å².